The number of alkyl halides is 3. The Balaban J connectivity index is 2.70. The van der Waals surface area contributed by atoms with Gasteiger partial charge in [-0.15, -0.1) is 0 Å². The second-order valence-electron chi connectivity index (χ2n) is 3.70. The quantitative estimate of drug-likeness (QED) is 0.355. The summed E-state index contributed by atoms with van der Waals surface area (Å²) in [6.07, 6.45) is -5.91. The number of carbonyl (C=O) groups is 2. The van der Waals surface area contributed by atoms with Crippen LogP contribution >= 0.6 is 0 Å². The van der Waals surface area contributed by atoms with E-state index in [0.717, 1.165) is 0 Å². The van der Waals surface area contributed by atoms with Crippen LogP contribution in [0, 0.1) is 5.92 Å². The fraction of sp³-hybridized carbons (Fsp3) is 0.750. The zero-order chi connectivity index (χ0) is 13.9. The van der Waals surface area contributed by atoms with Crippen LogP contribution in [0.25, 0.3) is 10.4 Å². The van der Waals surface area contributed by atoms with Gasteiger partial charge >= 0.3 is 18.1 Å². The molecule has 0 radical (unpaired) electrons. The highest BCUT2D eigenvalue weighted by Crippen LogP contribution is 2.24. The number of hydrogen-bond acceptors (Lipinski definition) is 4. The van der Waals surface area contributed by atoms with Gasteiger partial charge in [0.1, 0.15) is 12.1 Å². The fourth-order valence-corrected chi connectivity index (χ4v) is 1.49. The number of rotatable bonds is 3. The number of ether oxygens (including phenoxy) is 1. The molecular weight excluding hydrogens is 257 g/mol. The van der Waals surface area contributed by atoms with Crippen molar-refractivity contribution in [2.75, 3.05) is 6.54 Å². The topological polar surface area (TPSA) is 104 Å². The number of amides is 1. The summed E-state index contributed by atoms with van der Waals surface area (Å²) in [6, 6.07) is -1.39. The van der Waals surface area contributed by atoms with Gasteiger partial charge in [0.15, 0.2) is 0 Å². The van der Waals surface area contributed by atoms with Crippen LogP contribution in [0.4, 0.5) is 13.2 Å². The molecule has 10 heteroatoms. The number of nitrogens with zero attached hydrogens (tertiary/aromatic N) is 3. The summed E-state index contributed by atoms with van der Waals surface area (Å²) < 4.78 is 40.8. The molecule has 1 N–H and O–H groups in total. The second kappa shape index (κ2) is 5.13. The summed E-state index contributed by atoms with van der Waals surface area (Å²) in [6.45, 7) is 1.23. The maximum Gasteiger partial charge on any atom is 0.471 e. The Bertz CT molecular complexity index is 405. The minimum Gasteiger partial charge on any atom is -0.460 e. The molecule has 0 bridgehead atoms. The van der Waals surface area contributed by atoms with Gasteiger partial charge in [-0.1, -0.05) is 12.0 Å². The number of hydrogen-bond donors (Lipinski definition) is 1. The van der Waals surface area contributed by atoms with Crippen LogP contribution < -0.4 is 5.32 Å². The zero-order valence-electron chi connectivity index (χ0n) is 9.14. The van der Waals surface area contributed by atoms with Crippen molar-refractivity contribution in [1.29, 1.82) is 0 Å². The van der Waals surface area contributed by atoms with Crippen LogP contribution in [0.15, 0.2) is 5.11 Å². The van der Waals surface area contributed by atoms with E-state index in [1.807, 2.05) is 0 Å². The number of esters is 1. The lowest BCUT2D eigenvalue weighted by Gasteiger charge is -2.16. The monoisotopic (exact) mass is 266 g/mol. The molecule has 1 heterocycles. The van der Waals surface area contributed by atoms with Crippen molar-refractivity contribution in [3.8, 4) is 0 Å². The summed E-state index contributed by atoms with van der Waals surface area (Å²) in [5, 5.41) is 4.72. The summed E-state index contributed by atoms with van der Waals surface area (Å²) in [5.74, 6) is -3.90. The first-order valence-electron chi connectivity index (χ1n) is 4.86. The average Bonchev–Trinajstić information content (AvgIpc) is 2.52. The van der Waals surface area contributed by atoms with Gasteiger partial charge in [-0.05, 0) is 5.53 Å². The maximum atomic E-state index is 12.0. The normalized spacial score (nSPS) is 27.3. The molecule has 1 saturated heterocycles. The summed E-state index contributed by atoms with van der Waals surface area (Å²) in [5.41, 5.74) is 8.10. The van der Waals surface area contributed by atoms with Gasteiger partial charge in [0, 0.05) is 10.8 Å². The number of nitrogens with one attached hydrogen (secondary N) is 1. The van der Waals surface area contributed by atoms with Crippen LogP contribution in [0.2, 0.25) is 0 Å². The highest BCUT2D eigenvalue weighted by atomic mass is 19.4. The van der Waals surface area contributed by atoms with Crippen molar-refractivity contribution < 1.29 is 27.5 Å². The van der Waals surface area contributed by atoms with Crippen LogP contribution in [-0.2, 0) is 14.3 Å². The predicted molar refractivity (Wildman–Crippen MR) is 51.0 cm³/mol. The van der Waals surface area contributed by atoms with Crippen molar-refractivity contribution in [1.82, 2.24) is 5.32 Å². The Morgan fingerprint density at radius 2 is 2.22 bits per heavy atom. The van der Waals surface area contributed by atoms with Gasteiger partial charge in [-0.25, -0.2) is 4.79 Å². The first-order chi connectivity index (χ1) is 8.27. The molecule has 0 aliphatic carbocycles. The van der Waals surface area contributed by atoms with E-state index >= 15 is 0 Å². The lowest BCUT2D eigenvalue weighted by Crippen LogP contribution is -2.47. The molecule has 18 heavy (non-hydrogen) atoms. The van der Waals surface area contributed by atoms with Crippen molar-refractivity contribution in [2.45, 2.75) is 25.2 Å². The molecule has 1 aliphatic rings. The molecule has 3 atom stereocenters. The van der Waals surface area contributed by atoms with Crippen LogP contribution in [0.5, 0.6) is 0 Å². The van der Waals surface area contributed by atoms with Gasteiger partial charge in [-0.2, -0.15) is 13.2 Å². The molecule has 7 nitrogen and oxygen atoms in total. The molecule has 0 saturated carbocycles. The number of carbonyl (C=O) groups excluding carboxylic acids is 2. The Morgan fingerprint density at radius 1 is 1.61 bits per heavy atom. The van der Waals surface area contributed by atoms with Gasteiger partial charge in [0.25, 0.3) is 0 Å². The minimum atomic E-state index is -5.07. The van der Waals surface area contributed by atoms with Crippen molar-refractivity contribution in [3.63, 3.8) is 0 Å². The molecule has 100 valence electrons. The maximum absolute atomic E-state index is 12.0. The highest BCUT2D eigenvalue weighted by molar-refractivity contribution is 5.88. The Hall–Kier alpha value is -1.96. The molecule has 1 rings (SSSR count). The molecule has 1 fully saturated rings. The van der Waals surface area contributed by atoms with Crippen molar-refractivity contribution in [3.05, 3.63) is 10.4 Å². The Kier molecular flexibility index (Phi) is 4.02. The van der Waals surface area contributed by atoms with Crippen LogP contribution in [0.1, 0.15) is 6.92 Å². The van der Waals surface area contributed by atoms with Gasteiger partial charge in [0.2, 0.25) is 0 Å². The third-order valence-electron chi connectivity index (χ3n) is 2.50. The third kappa shape index (κ3) is 3.04. The molecule has 0 aromatic rings. The molecule has 1 amide bonds. The molecule has 0 aromatic carbocycles. The lowest BCUT2D eigenvalue weighted by molar-refractivity contribution is -0.175. The summed E-state index contributed by atoms with van der Waals surface area (Å²) >= 11 is 0. The van der Waals surface area contributed by atoms with E-state index in [0.29, 0.717) is 0 Å². The first kappa shape index (κ1) is 14.1. The predicted octanol–water partition coefficient (Wildman–Crippen LogP) is 0.905. The third-order valence-corrected chi connectivity index (χ3v) is 2.50. The van der Waals surface area contributed by atoms with E-state index in [2.05, 4.69) is 10.0 Å². The minimum absolute atomic E-state index is 0.193. The van der Waals surface area contributed by atoms with E-state index in [9.17, 15) is 22.8 Å². The van der Waals surface area contributed by atoms with Gasteiger partial charge < -0.3 is 10.1 Å². The molecule has 0 spiro atoms. The highest BCUT2D eigenvalue weighted by Gasteiger charge is 2.47. The Morgan fingerprint density at radius 3 is 2.72 bits per heavy atom. The van der Waals surface area contributed by atoms with Crippen molar-refractivity contribution in [2.24, 2.45) is 11.0 Å². The van der Waals surface area contributed by atoms with E-state index < -0.39 is 36.1 Å². The van der Waals surface area contributed by atoms with E-state index in [1.165, 1.54) is 6.92 Å². The van der Waals surface area contributed by atoms with E-state index in [1.54, 1.807) is 5.32 Å². The SMILES string of the molecule is C[C@H]1[C@H](CN=[N+]=[N-])OC(=O)[C@@H]1NC(=O)C(F)(F)F. The molecule has 0 aromatic heterocycles. The smallest absolute Gasteiger partial charge is 0.460 e. The average molecular weight is 266 g/mol. The van der Waals surface area contributed by atoms with Crippen LogP contribution in [0.3, 0.4) is 0 Å². The number of cyclic esters (lactones) is 1. The molecule has 0 unspecified atom stereocenters. The van der Waals surface area contributed by atoms with Crippen LogP contribution in [-0.4, -0.2) is 36.7 Å². The molecular formula is C8H9F3N4O3. The molecule has 1 aliphatic heterocycles. The lowest BCUT2D eigenvalue weighted by atomic mass is 9.99. The fourth-order valence-electron chi connectivity index (χ4n) is 1.49. The summed E-state index contributed by atoms with van der Waals surface area (Å²) in [4.78, 5) is 24.4. The standard InChI is InChI=1S/C8H9F3N4O3/c1-3-4(2-13-15-12)18-6(16)5(3)14-7(17)8(9,10)11/h3-5H,2H2,1H3,(H,14,17)/t3-,4-,5+/m0/s1. The Labute approximate surface area is 98.9 Å². The van der Waals surface area contributed by atoms with Gasteiger partial charge in [0.05, 0.1) is 6.54 Å². The van der Waals surface area contributed by atoms with Crippen molar-refractivity contribution >= 4 is 11.9 Å². The summed E-state index contributed by atoms with van der Waals surface area (Å²) in [7, 11) is 0. The van der Waals surface area contributed by atoms with E-state index in [-0.39, 0.29) is 6.54 Å². The largest absolute Gasteiger partial charge is 0.471 e. The number of azide groups is 1. The van der Waals surface area contributed by atoms with E-state index in [4.69, 9.17) is 10.3 Å². The van der Waals surface area contributed by atoms with Gasteiger partial charge in [-0.3, -0.25) is 4.79 Å². The first-order valence-corrected chi connectivity index (χ1v) is 4.86. The number of halogens is 3. The zero-order valence-corrected chi connectivity index (χ0v) is 9.14. The second-order valence-corrected chi connectivity index (χ2v) is 3.70.